The van der Waals surface area contributed by atoms with E-state index < -0.39 is 25.2 Å². The van der Waals surface area contributed by atoms with Crippen molar-refractivity contribution in [3.63, 3.8) is 0 Å². The molecule has 5 nitrogen and oxygen atoms in total. The van der Waals surface area contributed by atoms with Crippen molar-refractivity contribution in [2.45, 2.75) is 44.7 Å². The standard InChI is InChI=1S/C13H22F3N3O2.ClH/c14-13(15,16)9-19-11(21)7-18-10(20)6-12(8-17)4-2-1-3-5-12;/h1-9,17H2,(H,18,20)(H,19,21);1H. The zero-order chi connectivity index (χ0) is 15.9. The van der Waals surface area contributed by atoms with Gasteiger partial charge in [0.05, 0.1) is 6.54 Å². The largest absolute Gasteiger partial charge is 0.405 e. The molecule has 1 rings (SSSR count). The van der Waals surface area contributed by atoms with Gasteiger partial charge in [-0.1, -0.05) is 19.3 Å². The van der Waals surface area contributed by atoms with Crippen molar-refractivity contribution in [1.29, 1.82) is 0 Å². The van der Waals surface area contributed by atoms with E-state index in [9.17, 15) is 22.8 Å². The molecule has 1 aliphatic rings. The summed E-state index contributed by atoms with van der Waals surface area (Å²) in [7, 11) is 0. The van der Waals surface area contributed by atoms with Crippen LogP contribution in [0.5, 0.6) is 0 Å². The van der Waals surface area contributed by atoms with Gasteiger partial charge in [0, 0.05) is 6.42 Å². The Hall–Kier alpha value is -1.02. The third-order valence-electron chi connectivity index (χ3n) is 3.81. The van der Waals surface area contributed by atoms with Crippen LogP contribution < -0.4 is 16.4 Å². The Kier molecular flexibility index (Phi) is 8.77. The van der Waals surface area contributed by atoms with Gasteiger partial charge in [-0.2, -0.15) is 13.2 Å². The van der Waals surface area contributed by atoms with Crippen molar-refractivity contribution in [3.05, 3.63) is 0 Å². The van der Waals surface area contributed by atoms with Crippen molar-refractivity contribution >= 4 is 24.2 Å². The number of halogens is 4. The van der Waals surface area contributed by atoms with E-state index >= 15 is 0 Å². The Morgan fingerprint density at radius 1 is 1.05 bits per heavy atom. The van der Waals surface area contributed by atoms with Gasteiger partial charge < -0.3 is 16.4 Å². The van der Waals surface area contributed by atoms with Crippen LogP contribution in [-0.4, -0.2) is 37.6 Å². The first-order valence-electron chi connectivity index (χ1n) is 7.07. The Labute approximate surface area is 134 Å². The van der Waals surface area contributed by atoms with E-state index in [0.29, 0.717) is 6.54 Å². The van der Waals surface area contributed by atoms with Crippen molar-refractivity contribution in [3.8, 4) is 0 Å². The highest BCUT2D eigenvalue weighted by Gasteiger charge is 2.33. The molecule has 9 heteroatoms. The molecule has 2 amide bonds. The number of carbonyl (C=O) groups excluding carboxylic acids is 2. The molecule has 1 fully saturated rings. The zero-order valence-electron chi connectivity index (χ0n) is 12.3. The molecule has 0 spiro atoms. The highest BCUT2D eigenvalue weighted by atomic mass is 35.5. The van der Waals surface area contributed by atoms with E-state index in [0.717, 1.165) is 32.1 Å². The average Bonchev–Trinajstić information content (AvgIpc) is 2.43. The van der Waals surface area contributed by atoms with Crippen LogP contribution in [0.25, 0.3) is 0 Å². The Balaban J connectivity index is 0.00000441. The quantitative estimate of drug-likeness (QED) is 0.682. The lowest BCUT2D eigenvalue weighted by molar-refractivity contribution is -0.138. The molecule has 4 N–H and O–H groups in total. The predicted molar refractivity (Wildman–Crippen MR) is 78.5 cm³/mol. The number of rotatable bonds is 6. The van der Waals surface area contributed by atoms with Gasteiger partial charge in [-0.3, -0.25) is 9.59 Å². The molecule has 1 aliphatic carbocycles. The fourth-order valence-corrected chi connectivity index (χ4v) is 2.60. The number of carbonyl (C=O) groups is 2. The summed E-state index contributed by atoms with van der Waals surface area (Å²) in [5.74, 6) is -1.20. The normalized spacial score (nSPS) is 17.3. The average molecular weight is 346 g/mol. The summed E-state index contributed by atoms with van der Waals surface area (Å²) in [6.07, 6.45) is 0.687. The van der Waals surface area contributed by atoms with E-state index in [2.05, 4.69) is 5.32 Å². The smallest absolute Gasteiger partial charge is 0.347 e. The van der Waals surface area contributed by atoms with Gasteiger partial charge in [0.1, 0.15) is 6.54 Å². The van der Waals surface area contributed by atoms with Crippen molar-refractivity contribution in [2.24, 2.45) is 11.1 Å². The summed E-state index contributed by atoms with van der Waals surface area (Å²) in [5, 5.41) is 4.05. The lowest BCUT2D eigenvalue weighted by Crippen LogP contribution is -2.43. The number of nitrogens with two attached hydrogens (primary N) is 1. The molecule has 0 aromatic carbocycles. The van der Waals surface area contributed by atoms with Gasteiger partial charge in [0.25, 0.3) is 0 Å². The van der Waals surface area contributed by atoms with E-state index in [-0.39, 0.29) is 30.2 Å². The number of hydrogen-bond acceptors (Lipinski definition) is 3. The molecule has 0 unspecified atom stereocenters. The molecule has 1 saturated carbocycles. The van der Waals surface area contributed by atoms with Crippen LogP contribution in [0, 0.1) is 5.41 Å². The third-order valence-corrected chi connectivity index (χ3v) is 3.81. The second-order valence-corrected chi connectivity index (χ2v) is 5.61. The molecule has 0 aromatic rings. The molecular formula is C13H23ClF3N3O2. The van der Waals surface area contributed by atoms with Crippen LogP contribution in [0.4, 0.5) is 13.2 Å². The first-order chi connectivity index (χ1) is 9.76. The highest BCUT2D eigenvalue weighted by Crippen LogP contribution is 2.38. The minimum absolute atomic E-state index is 0. The minimum Gasteiger partial charge on any atom is -0.347 e. The van der Waals surface area contributed by atoms with Crippen LogP contribution in [0.1, 0.15) is 38.5 Å². The Morgan fingerprint density at radius 3 is 2.14 bits per heavy atom. The lowest BCUT2D eigenvalue weighted by atomic mass is 9.71. The SMILES string of the molecule is Cl.NCC1(CC(=O)NCC(=O)NCC(F)(F)F)CCCCC1. The molecule has 0 radical (unpaired) electrons. The van der Waals surface area contributed by atoms with Gasteiger partial charge in [0.15, 0.2) is 0 Å². The number of nitrogens with one attached hydrogen (secondary N) is 2. The molecule has 0 atom stereocenters. The highest BCUT2D eigenvalue weighted by molar-refractivity contribution is 5.85. The van der Waals surface area contributed by atoms with E-state index in [1.807, 2.05) is 0 Å². The zero-order valence-corrected chi connectivity index (χ0v) is 13.1. The minimum atomic E-state index is -4.45. The first kappa shape index (κ1) is 21.0. The maximum Gasteiger partial charge on any atom is 0.405 e. The number of amides is 2. The topological polar surface area (TPSA) is 84.2 Å². The molecule has 130 valence electrons. The predicted octanol–water partition coefficient (Wildman–Crippen LogP) is 1.50. The molecule has 0 aliphatic heterocycles. The Morgan fingerprint density at radius 2 is 1.64 bits per heavy atom. The molecule has 0 saturated heterocycles. The van der Waals surface area contributed by atoms with Crippen molar-refractivity contribution in [2.75, 3.05) is 19.6 Å². The molecule has 0 bridgehead atoms. The van der Waals surface area contributed by atoms with Crippen LogP contribution in [0.3, 0.4) is 0 Å². The molecule has 0 aromatic heterocycles. The van der Waals surface area contributed by atoms with E-state index in [1.54, 1.807) is 5.32 Å². The fraction of sp³-hybridized carbons (Fsp3) is 0.846. The van der Waals surface area contributed by atoms with E-state index in [4.69, 9.17) is 5.73 Å². The Bertz CT molecular complexity index is 372. The first-order valence-corrected chi connectivity index (χ1v) is 7.07. The van der Waals surface area contributed by atoms with Crippen LogP contribution >= 0.6 is 12.4 Å². The second-order valence-electron chi connectivity index (χ2n) is 5.61. The van der Waals surface area contributed by atoms with Gasteiger partial charge in [-0.05, 0) is 24.8 Å². The van der Waals surface area contributed by atoms with Crippen molar-refractivity contribution in [1.82, 2.24) is 10.6 Å². The van der Waals surface area contributed by atoms with Gasteiger partial charge in [0.2, 0.25) is 11.8 Å². The maximum atomic E-state index is 11.9. The van der Waals surface area contributed by atoms with Gasteiger partial charge in [-0.15, -0.1) is 12.4 Å². The summed E-state index contributed by atoms with van der Waals surface area (Å²) in [6, 6.07) is 0. The summed E-state index contributed by atoms with van der Waals surface area (Å²) in [4.78, 5) is 23.0. The third kappa shape index (κ3) is 7.84. The van der Waals surface area contributed by atoms with Crippen molar-refractivity contribution < 1.29 is 22.8 Å². The van der Waals surface area contributed by atoms with E-state index in [1.165, 1.54) is 0 Å². The molecule has 0 heterocycles. The molecular weight excluding hydrogens is 323 g/mol. The fourth-order valence-electron chi connectivity index (χ4n) is 2.60. The summed E-state index contributed by atoms with van der Waals surface area (Å²) >= 11 is 0. The maximum absolute atomic E-state index is 11.9. The summed E-state index contributed by atoms with van der Waals surface area (Å²) in [5.41, 5.74) is 5.52. The summed E-state index contributed by atoms with van der Waals surface area (Å²) in [6.45, 7) is -1.44. The monoisotopic (exact) mass is 345 g/mol. The molecule has 22 heavy (non-hydrogen) atoms. The van der Waals surface area contributed by atoms with Crippen LogP contribution in [0.2, 0.25) is 0 Å². The van der Waals surface area contributed by atoms with Gasteiger partial charge in [-0.25, -0.2) is 0 Å². The van der Waals surface area contributed by atoms with Crippen LogP contribution in [0.15, 0.2) is 0 Å². The number of alkyl halides is 3. The summed E-state index contributed by atoms with van der Waals surface area (Å²) < 4.78 is 35.7. The van der Waals surface area contributed by atoms with Gasteiger partial charge >= 0.3 is 6.18 Å². The van der Waals surface area contributed by atoms with Crippen LogP contribution in [-0.2, 0) is 9.59 Å². The number of hydrogen-bond donors (Lipinski definition) is 3. The second kappa shape index (κ2) is 9.19. The lowest BCUT2D eigenvalue weighted by Gasteiger charge is -2.35.